The summed E-state index contributed by atoms with van der Waals surface area (Å²) >= 11 is 0. The van der Waals surface area contributed by atoms with Gasteiger partial charge in [-0.3, -0.25) is 4.79 Å². The van der Waals surface area contributed by atoms with Gasteiger partial charge in [-0.05, 0) is 25.0 Å². The minimum Gasteiger partial charge on any atom is -0.359 e. The number of nitrogens with zero attached hydrogens (tertiary/aromatic N) is 3. The van der Waals surface area contributed by atoms with Crippen LogP contribution in [-0.2, 0) is 4.79 Å². The number of aromatic nitrogens is 1. The molecule has 0 saturated carbocycles. The first-order valence-electron chi connectivity index (χ1n) is 6.07. The molecule has 18 heavy (non-hydrogen) atoms. The van der Waals surface area contributed by atoms with Crippen molar-refractivity contribution in [3.05, 3.63) is 23.9 Å². The van der Waals surface area contributed by atoms with Crippen LogP contribution >= 0.6 is 0 Å². The van der Waals surface area contributed by atoms with Gasteiger partial charge in [-0.2, -0.15) is 5.26 Å². The fourth-order valence-corrected chi connectivity index (χ4v) is 2.26. The molecule has 2 heterocycles. The fourth-order valence-electron chi connectivity index (χ4n) is 2.26. The van der Waals surface area contributed by atoms with E-state index in [9.17, 15) is 4.79 Å². The number of hydrogen-bond acceptors (Lipinski definition) is 4. The lowest BCUT2D eigenvalue weighted by Gasteiger charge is -2.32. The highest BCUT2D eigenvalue weighted by molar-refractivity contribution is 5.79. The van der Waals surface area contributed by atoms with Crippen LogP contribution in [0, 0.1) is 17.2 Å². The second-order valence-corrected chi connectivity index (χ2v) is 4.41. The standard InChI is InChI=1S/C13H16N4O/c1-15-13(18)11-3-2-6-17(9-11)12-7-10(8-14)4-5-16-12/h4-5,7,11H,2-3,6,9H2,1H3,(H,15,18). The van der Waals surface area contributed by atoms with E-state index in [1.54, 1.807) is 25.4 Å². The van der Waals surface area contributed by atoms with Crippen LogP contribution in [0.3, 0.4) is 0 Å². The summed E-state index contributed by atoms with van der Waals surface area (Å²) in [7, 11) is 1.66. The van der Waals surface area contributed by atoms with Crippen molar-refractivity contribution in [2.24, 2.45) is 5.92 Å². The second kappa shape index (κ2) is 5.50. The molecule has 0 aromatic carbocycles. The molecule has 94 valence electrons. The van der Waals surface area contributed by atoms with Gasteiger partial charge in [-0.15, -0.1) is 0 Å². The predicted molar refractivity (Wildman–Crippen MR) is 68.0 cm³/mol. The third-order valence-electron chi connectivity index (χ3n) is 3.24. The van der Waals surface area contributed by atoms with E-state index in [0.717, 1.165) is 25.2 Å². The number of amides is 1. The molecule has 1 atom stereocenters. The van der Waals surface area contributed by atoms with E-state index in [2.05, 4.69) is 21.3 Å². The SMILES string of the molecule is CNC(=O)C1CCCN(c2cc(C#N)ccn2)C1. The molecule has 1 N–H and O–H groups in total. The van der Waals surface area contributed by atoms with E-state index in [-0.39, 0.29) is 11.8 Å². The summed E-state index contributed by atoms with van der Waals surface area (Å²) in [6.07, 6.45) is 3.52. The Morgan fingerprint density at radius 3 is 3.22 bits per heavy atom. The molecule has 2 rings (SSSR count). The zero-order valence-corrected chi connectivity index (χ0v) is 10.4. The van der Waals surface area contributed by atoms with Crippen LogP contribution in [0.25, 0.3) is 0 Å². The maximum absolute atomic E-state index is 11.7. The molecular weight excluding hydrogens is 228 g/mol. The highest BCUT2D eigenvalue weighted by Crippen LogP contribution is 2.22. The van der Waals surface area contributed by atoms with E-state index in [1.807, 2.05) is 0 Å². The zero-order chi connectivity index (χ0) is 13.0. The normalized spacial score (nSPS) is 19.1. The third-order valence-corrected chi connectivity index (χ3v) is 3.24. The molecule has 1 unspecified atom stereocenters. The smallest absolute Gasteiger partial charge is 0.224 e. The fraction of sp³-hybridized carbons (Fsp3) is 0.462. The highest BCUT2D eigenvalue weighted by atomic mass is 16.1. The first-order chi connectivity index (χ1) is 8.74. The van der Waals surface area contributed by atoms with Crippen molar-refractivity contribution in [1.29, 1.82) is 5.26 Å². The molecule has 0 radical (unpaired) electrons. The number of carbonyl (C=O) groups is 1. The summed E-state index contributed by atoms with van der Waals surface area (Å²) in [6, 6.07) is 5.56. The maximum atomic E-state index is 11.7. The summed E-state index contributed by atoms with van der Waals surface area (Å²) < 4.78 is 0. The van der Waals surface area contributed by atoms with Crippen molar-refractivity contribution in [3.8, 4) is 6.07 Å². The van der Waals surface area contributed by atoms with Crippen molar-refractivity contribution in [3.63, 3.8) is 0 Å². The second-order valence-electron chi connectivity index (χ2n) is 4.41. The number of carbonyl (C=O) groups excluding carboxylic acids is 1. The molecular formula is C13H16N4O. The lowest BCUT2D eigenvalue weighted by atomic mass is 9.97. The van der Waals surface area contributed by atoms with Crippen molar-refractivity contribution in [2.75, 3.05) is 25.0 Å². The number of nitrogens with one attached hydrogen (secondary N) is 1. The first-order valence-corrected chi connectivity index (χ1v) is 6.07. The number of hydrogen-bond donors (Lipinski definition) is 1. The zero-order valence-electron chi connectivity index (χ0n) is 10.4. The first kappa shape index (κ1) is 12.4. The van der Waals surface area contributed by atoms with Crippen LogP contribution in [0.4, 0.5) is 5.82 Å². The molecule has 5 heteroatoms. The maximum Gasteiger partial charge on any atom is 0.224 e. The van der Waals surface area contributed by atoms with Gasteiger partial charge >= 0.3 is 0 Å². The Bertz CT molecular complexity index is 480. The highest BCUT2D eigenvalue weighted by Gasteiger charge is 2.25. The van der Waals surface area contributed by atoms with Gasteiger partial charge in [0.25, 0.3) is 0 Å². The average Bonchev–Trinajstić information content (AvgIpc) is 2.46. The van der Waals surface area contributed by atoms with Gasteiger partial charge in [0.05, 0.1) is 17.6 Å². The number of rotatable bonds is 2. The molecule has 0 bridgehead atoms. The number of piperidine rings is 1. The quantitative estimate of drug-likeness (QED) is 0.839. The van der Waals surface area contributed by atoms with Crippen LogP contribution in [0.15, 0.2) is 18.3 Å². The van der Waals surface area contributed by atoms with Crippen LogP contribution in [0.2, 0.25) is 0 Å². The molecule has 1 aliphatic heterocycles. The number of nitriles is 1. The molecule has 1 aromatic heterocycles. The Morgan fingerprint density at radius 1 is 1.67 bits per heavy atom. The van der Waals surface area contributed by atoms with Gasteiger partial charge in [-0.25, -0.2) is 4.98 Å². The van der Waals surface area contributed by atoms with Crippen LogP contribution < -0.4 is 10.2 Å². The molecule has 1 aliphatic rings. The Balaban J connectivity index is 2.13. The van der Waals surface area contributed by atoms with Gasteiger partial charge in [0.15, 0.2) is 0 Å². The molecule has 0 spiro atoms. The monoisotopic (exact) mass is 244 g/mol. The molecule has 1 saturated heterocycles. The van der Waals surface area contributed by atoms with Crippen molar-refractivity contribution >= 4 is 11.7 Å². The van der Waals surface area contributed by atoms with E-state index in [1.165, 1.54) is 0 Å². The Kier molecular flexibility index (Phi) is 3.78. The van der Waals surface area contributed by atoms with Crippen molar-refractivity contribution in [2.45, 2.75) is 12.8 Å². The van der Waals surface area contributed by atoms with Gasteiger partial charge < -0.3 is 10.2 Å². The molecule has 1 aromatic rings. The summed E-state index contributed by atoms with van der Waals surface area (Å²) in [5.74, 6) is 0.870. The minimum absolute atomic E-state index is 0.0105. The van der Waals surface area contributed by atoms with Crippen molar-refractivity contribution < 1.29 is 4.79 Å². The third kappa shape index (κ3) is 2.59. The van der Waals surface area contributed by atoms with Gasteiger partial charge in [-0.1, -0.05) is 0 Å². The molecule has 1 fully saturated rings. The summed E-state index contributed by atoms with van der Waals surface area (Å²) in [5.41, 5.74) is 0.599. The van der Waals surface area contributed by atoms with E-state index < -0.39 is 0 Å². The van der Waals surface area contributed by atoms with Crippen molar-refractivity contribution in [1.82, 2.24) is 10.3 Å². The molecule has 0 aliphatic carbocycles. The van der Waals surface area contributed by atoms with E-state index in [0.29, 0.717) is 12.1 Å². The average molecular weight is 244 g/mol. The number of pyridine rings is 1. The lowest BCUT2D eigenvalue weighted by molar-refractivity contribution is -0.124. The van der Waals surface area contributed by atoms with E-state index >= 15 is 0 Å². The summed E-state index contributed by atoms with van der Waals surface area (Å²) in [4.78, 5) is 18.0. The van der Waals surface area contributed by atoms with Crippen LogP contribution in [-0.4, -0.2) is 31.0 Å². The lowest BCUT2D eigenvalue weighted by Crippen LogP contribution is -2.42. The van der Waals surface area contributed by atoms with Crippen LogP contribution in [0.5, 0.6) is 0 Å². The van der Waals surface area contributed by atoms with Gasteiger partial charge in [0, 0.05) is 26.3 Å². The van der Waals surface area contributed by atoms with Gasteiger partial charge in [0.1, 0.15) is 5.82 Å². The van der Waals surface area contributed by atoms with E-state index in [4.69, 9.17) is 5.26 Å². The minimum atomic E-state index is 0.0105. The molecule has 5 nitrogen and oxygen atoms in total. The Hall–Kier alpha value is -2.09. The predicted octanol–water partition coefficient (Wildman–Crippen LogP) is 0.916. The molecule has 1 amide bonds. The Labute approximate surface area is 106 Å². The number of anilines is 1. The van der Waals surface area contributed by atoms with Gasteiger partial charge in [0.2, 0.25) is 5.91 Å². The largest absolute Gasteiger partial charge is 0.359 e. The van der Waals surface area contributed by atoms with Crippen LogP contribution in [0.1, 0.15) is 18.4 Å². The summed E-state index contributed by atoms with van der Waals surface area (Å²) in [5, 5.41) is 11.6. The topological polar surface area (TPSA) is 69.0 Å². The Morgan fingerprint density at radius 2 is 2.50 bits per heavy atom. The summed E-state index contributed by atoms with van der Waals surface area (Å²) in [6.45, 7) is 1.55.